The number of halogens is 1. The number of aliphatic hydroxyl groups excluding tert-OH is 1. The highest BCUT2D eigenvalue weighted by molar-refractivity contribution is 5.43. The number of nitriles is 1. The maximum absolute atomic E-state index is 13.3. The standard InChI is InChI=1S/C12H12FNO2/c13-9-3-1-5-11(8(9)7-14)16-12-6-2-4-10(12)15/h1,3,5,10,12,15H,2,4,6H2/t10-,12-/m1/s1. The molecule has 0 saturated heterocycles. The van der Waals surface area contributed by atoms with E-state index in [4.69, 9.17) is 10.00 Å². The first kappa shape index (κ1) is 10.9. The molecule has 0 radical (unpaired) electrons. The first-order chi connectivity index (χ1) is 7.72. The number of aliphatic hydroxyl groups is 1. The normalized spacial score (nSPS) is 24.1. The summed E-state index contributed by atoms with van der Waals surface area (Å²) in [6.07, 6.45) is 1.48. The summed E-state index contributed by atoms with van der Waals surface area (Å²) in [5, 5.41) is 18.4. The second kappa shape index (κ2) is 4.50. The van der Waals surface area contributed by atoms with E-state index in [2.05, 4.69) is 0 Å². The summed E-state index contributed by atoms with van der Waals surface area (Å²) in [7, 11) is 0. The van der Waals surface area contributed by atoms with E-state index in [1.165, 1.54) is 12.1 Å². The molecule has 84 valence electrons. The van der Waals surface area contributed by atoms with Crippen molar-refractivity contribution in [1.29, 1.82) is 5.26 Å². The Morgan fingerprint density at radius 1 is 1.44 bits per heavy atom. The summed E-state index contributed by atoms with van der Waals surface area (Å²) < 4.78 is 18.7. The van der Waals surface area contributed by atoms with Crippen LogP contribution in [0, 0.1) is 17.1 Å². The van der Waals surface area contributed by atoms with Crippen LogP contribution >= 0.6 is 0 Å². The van der Waals surface area contributed by atoms with Crippen molar-refractivity contribution in [3.05, 3.63) is 29.6 Å². The lowest BCUT2D eigenvalue weighted by atomic mass is 10.2. The van der Waals surface area contributed by atoms with Crippen molar-refractivity contribution in [1.82, 2.24) is 0 Å². The predicted molar refractivity (Wildman–Crippen MR) is 55.4 cm³/mol. The Morgan fingerprint density at radius 3 is 2.88 bits per heavy atom. The molecule has 1 saturated carbocycles. The van der Waals surface area contributed by atoms with Gasteiger partial charge < -0.3 is 9.84 Å². The highest BCUT2D eigenvalue weighted by Gasteiger charge is 2.27. The van der Waals surface area contributed by atoms with Crippen molar-refractivity contribution < 1.29 is 14.2 Å². The quantitative estimate of drug-likeness (QED) is 0.830. The Morgan fingerprint density at radius 2 is 2.25 bits per heavy atom. The van der Waals surface area contributed by atoms with Gasteiger partial charge in [-0.2, -0.15) is 5.26 Å². The van der Waals surface area contributed by atoms with Gasteiger partial charge in [0.25, 0.3) is 0 Å². The molecule has 0 spiro atoms. The fourth-order valence-electron chi connectivity index (χ4n) is 1.92. The summed E-state index contributed by atoms with van der Waals surface area (Å²) in [6.45, 7) is 0. The molecule has 1 aliphatic rings. The van der Waals surface area contributed by atoms with Crippen LogP contribution < -0.4 is 4.74 Å². The van der Waals surface area contributed by atoms with Crippen LogP contribution in [0.15, 0.2) is 18.2 Å². The van der Waals surface area contributed by atoms with Crippen molar-refractivity contribution in [2.24, 2.45) is 0 Å². The van der Waals surface area contributed by atoms with E-state index in [-0.39, 0.29) is 17.4 Å². The fourth-order valence-corrected chi connectivity index (χ4v) is 1.92. The zero-order valence-corrected chi connectivity index (χ0v) is 8.69. The van der Waals surface area contributed by atoms with Crippen LogP contribution in [0.25, 0.3) is 0 Å². The Bertz CT molecular complexity index is 428. The van der Waals surface area contributed by atoms with Gasteiger partial charge in [0.05, 0.1) is 6.10 Å². The van der Waals surface area contributed by atoms with Gasteiger partial charge in [-0.3, -0.25) is 0 Å². The molecule has 0 aromatic heterocycles. The van der Waals surface area contributed by atoms with Crippen molar-refractivity contribution in [3.8, 4) is 11.8 Å². The average molecular weight is 221 g/mol. The van der Waals surface area contributed by atoms with Gasteiger partial charge >= 0.3 is 0 Å². The lowest BCUT2D eigenvalue weighted by Gasteiger charge is -2.17. The molecule has 0 aliphatic heterocycles. The summed E-state index contributed by atoms with van der Waals surface area (Å²) in [4.78, 5) is 0. The Kier molecular flexibility index (Phi) is 3.07. The van der Waals surface area contributed by atoms with E-state index in [1.54, 1.807) is 12.1 Å². The first-order valence-corrected chi connectivity index (χ1v) is 5.25. The number of hydrogen-bond acceptors (Lipinski definition) is 3. The Balaban J connectivity index is 2.21. The molecule has 0 amide bonds. The second-order valence-electron chi connectivity index (χ2n) is 3.88. The number of benzene rings is 1. The average Bonchev–Trinajstić information content (AvgIpc) is 2.65. The zero-order chi connectivity index (χ0) is 11.5. The highest BCUT2D eigenvalue weighted by atomic mass is 19.1. The third-order valence-corrected chi connectivity index (χ3v) is 2.78. The van der Waals surface area contributed by atoms with Crippen molar-refractivity contribution in [2.75, 3.05) is 0 Å². The van der Waals surface area contributed by atoms with Crippen LogP contribution in [0.1, 0.15) is 24.8 Å². The molecular formula is C12H12FNO2. The molecule has 0 unspecified atom stereocenters. The van der Waals surface area contributed by atoms with Gasteiger partial charge in [-0.25, -0.2) is 4.39 Å². The van der Waals surface area contributed by atoms with Gasteiger partial charge in [0.1, 0.15) is 29.3 Å². The maximum atomic E-state index is 13.3. The van der Waals surface area contributed by atoms with Gasteiger partial charge in [0.2, 0.25) is 0 Å². The van der Waals surface area contributed by atoms with Crippen LogP contribution in [0.3, 0.4) is 0 Å². The van der Waals surface area contributed by atoms with E-state index < -0.39 is 11.9 Å². The maximum Gasteiger partial charge on any atom is 0.144 e. The lowest BCUT2D eigenvalue weighted by Crippen LogP contribution is -2.26. The number of ether oxygens (including phenoxy) is 1. The zero-order valence-electron chi connectivity index (χ0n) is 8.69. The van der Waals surface area contributed by atoms with Gasteiger partial charge in [-0.15, -0.1) is 0 Å². The summed E-state index contributed by atoms with van der Waals surface area (Å²) in [6, 6.07) is 6.03. The Labute approximate surface area is 93.1 Å². The van der Waals surface area contributed by atoms with E-state index in [0.29, 0.717) is 6.42 Å². The molecule has 1 aromatic carbocycles. The number of hydrogen-bond donors (Lipinski definition) is 1. The molecule has 1 aliphatic carbocycles. The van der Waals surface area contributed by atoms with E-state index in [9.17, 15) is 9.50 Å². The highest BCUT2D eigenvalue weighted by Crippen LogP contribution is 2.27. The van der Waals surface area contributed by atoms with Crippen molar-refractivity contribution in [2.45, 2.75) is 31.5 Å². The molecule has 16 heavy (non-hydrogen) atoms. The van der Waals surface area contributed by atoms with E-state index in [1.807, 2.05) is 0 Å². The SMILES string of the molecule is N#Cc1c(F)cccc1O[C@@H]1CCC[C@H]1O. The molecule has 1 aromatic rings. The minimum atomic E-state index is -0.590. The topological polar surface area (TPSA) is 53.2 Å². The van der Waals surface area contributed by atoms with Crippen LogP contribution in [0.2, 0.25) is 0 Å². The molecule has 3 nitrogen and oxygen atoms in total. The number of rotatable bonds is 2. The summed E-state index contributed by atoms with van der Waals surface area (Å²) in [5.74, 6) is -0.374. The summed E-state index contributed by atoms with van der Waals surface area (Å²) >= 11 is 0. The lowest BCUT2D eigenvalue weighted by molar-refractivity contribution is 0.0600. The van der Waals surface area contributed by atoms with Crippen LogP contribution in [-0.4, -0.2) is 17.3 Å². The van der Waals surface area contributed by atoms with E-state index >= 15 is 0 Å². The fraction of sp³-hybridized carbons (Fsp3) is 0.417. The smallest absolute Gasteiger partial charge is 0.144 e. The van der Waals surface area contributed by atoms with Crippen LogP contribution in [0.4, 0.5) is 4.39 Å². The monoisotopic (exact) mass is 221 g/mol. The van der Waals surface area contributed by atoms with Crippen molar-refractivity contribution in [3.63, 3.8) is 0 Å². The van der Waals surface area contributed by atoms with Crippen LogP contribution in [0.5, 0.6) is 5.75 Å². The summed E-state index contributed by atoms with van der Waals surface area (Å²) in [5.41, 5.74) is -0.0957. The van der Waals surface area contributed by atoms with Gasteiger partial charge in [0.15, 0.2) is 0 Å². The molecule has 2 rings (SSSR count). The van der Waals surface area contributed by atoms with Gasteiger partial charge in [-0.05, 0) is 31.4 Å². The Hall–Kier alpha value is -1.60. The van der Waals surface area contributed by atoms with E-state index in [0.717, 1.165) is 12.8 Å². The minimum Gasteiger partial charge on any atom is -0.486 e. The second-order valence-corrected chi connectivity index (χ2v) is 3.88. The predicted octanol–water partition coefficient (Wildman–Crippen LogP) is 1.99. The van der Waals surface area contributed by atoms with Gasteiger partial charge in [-0.1, -0.05) is 6.07 Å². The molecule has 4 heteroatoms. The largest absolute Gasteiger partial charge is 0.486 e. The molecule has 1 N–H and O–H groups in total. The third kappa shape index (κ3) is 2.00. The number of nitrogens with zero attached hydrogens (tertiary/aromatic N) is 1. The molecule has 0 bridgehead atoms. The minimum absolute atomic E-state index is 0.0957. The van der Waals surface area contributed by atoms with Gasteiger partial charge in [0, 0.05) is 0 Å². The molecular weight excluding hydrogens is 209 g/mol. The molecule has 1 fully saturated rings. The molecule has 0 heterocycles. The molecule has 2 atom stereocenters. The third-order valence-electron chi connectivity index (χ3n) is 2.78. The first-order valence-electron chi connectivity index (χ1n) is 5.25. The van der Waals surface area contributed by atoms with Crippen LogP contribution in [-0.2, 0) is 0 Å². The van der Waals surface area contributed by atoms with Crippen molar-refractivity contribution >= 4 is 0 Å².